The Hall–Kier alpha value is -4.13. The number of para-hydroxylation sites is 1. The molecule has 1 saturated heterocycles. The third-order valence-electron chi connectivity index (χ3n) is 5.56. The van der Waals surface area contributed by atoms with Gasteiger partial charge in [-0.2, -0.15) is 0 Å². The van der Waals surface area contributed by atoms with E-state index in [1.807, 2.05) is 66.7 Å². The first-order valence-corrected chi connectivity index (χ1v) is 11.2. The lowest BCUT2D eigenvalue weighted by Crippen LogP contribution is -2.42. The van der Waals surface area contributed by atoms with Crippen LogP contribution in [0.3, 0.4) is 0 Å². The maximum absolute atomic E-state index is 13.0. The van der Waals surface area contributed by atoms with Crippen LogP contribution in [0, 0.1) is 0 Å². The molecular weight excluding hydrogens is 432 g/mol. The van der Waals surface area contributed by atoms with Crippen molar-refractivity contribution < 1.29 is 23.9 Å². The molecule has 1 fully saturated rings. The number of hydrogen-bond acceptors (Lipinski definition) is 5. The number of cyclic esters (lactones) is 1. The molecule has 3 amide bonds. The van der Waals surface area contributed by atoms with Crippen molar-refractivity contribution in [3.8, 4) is 5.75 Å². The average molecular weight is 459 g/mol. The second kappa shape index (κ2) is 11.1. The largest absolute Gasteiger partial charge is 0.447 e. The second-order valence-electron chi connectivity index (χ2n) is 8.02. The quantitative estimate of drug-likeness (QED) is 0.490. The molecule has 34 heavy (non-hydrogen) atoms. The third-order valence-corrected chi connectivity index (χ3v) is 5.56. The van der Waals surface area contributed by atoms with Gasteiger partial charge in [-0.3, -0.25) is 4.79 Å². The molecule has 0 unspecified atom stereocenters. The average Bonchev–Trinajstić information content (AvgIpc) is 3.23. The highest BCUT2D eigenvalue weighted by molar-refractivity contribution is 5.93. The summed E-state index contributed by atoms with van der Waals surface area (Å²) in [5, 5.41) is 0. The fraction of sp³-hybridized carbons (Fsp3) is 0.222. The molecule has 0 aliphatic carbocycles. The molecule has 1 aliphatic rings. The number of carbonyl (C=O) groups is 3. The summed E-state index contributed by atoms with van der Waals surface area (Å²) in [4.78, 5) is 40.9. The lowest BCUT2D eigenvalue weighted by atomic mass is 10.1. The molecular formula is C27H26N2O5. The fourth-order valence-corrected chi connectivity index (χ4v) is 3.85. The molecule has 4 rings (SSSR count). The zero-order valence-corrected chi connectivity index (χ0v) is 18.7. The van der Waals surface area contributed by atoms with Gasteiger partial charge in [0.25, 0.3) is 0 Å². The van der Waals surface area contributed by atoms with Gasteiger partial charge < -0.3 is 14.4 Å². The highest BCUT2D eigenvalue weighted by Gasteiger charge is 2.37. The van der Waals surface area contributed by atoms with Gasteiger partial charge in [-0.15, -0.1) is 0 Å². The van der Waals surface area contributed by atoms with Gasteiger partial charge in [0.05, 0.1) is 6.04 Å². The Morgan fingerprint density at radius 1 is 0.882 bits per heavy atom. The summed E-state index contributed by atoms with van der Waals surface area (Å²) in [6.07, 6.45) is -0.723. The number of carbonyl (C=O) groups excluding carboxylic acids is 3. The zero-order valence-electron chi connectivity index (χ0n) is 18.7. The van der Waals surface area contributed by atoms with E-state index in [0.717, 1.165) is 11.1 Å². The van der Waals surface area contributed by atoms with Crippen molar-refractivity contribution in [1.29, 1.82) is 0 Å². The summed E-state index contributed by atoms with van der Waals surface area (Å²) in [7, 11) is 0. The van der Waals surface area contributed by atoms with Crippen LogP contribution in [0.2, 0.25) is 0 Å². The van der Waals surface area contributed by atoms with E-state index >= 15 is 0 Å². The van der Waals surface area contributed by atoms with Gasteiger partial charge in [0.15, 0.2) is 0 Å². The minimum Gasteiger partial charge on any atom is -0.447 e. The van der Waals surface area contributed by atoms with Crippen molar-refractivity contribution in [2.24, 2.45) is 0 Å². The van der Waals surface area contributed by atoms with Crippen molar-refractivity contribution in [2.45, 2.75) is 25.4 Å². The molecule has 7 heteroatoms. The second-order valence-corrected chi connectivity index (χ2v) is 8.02. The Kier molecular flexibility index (Phi) is 7.55. The van der Waals surface area contributed by atoms with E-state index in [1.165, 1.54) is 9.80 Å². The van der Waals surface area contributed by atoms with E-state index in [1.54, 1.807) is 24.3 Å². The molecule has 0 saturated carbocycles. The van der Waals surface area contributed by atoms with Crippen molar-refractivity contribution in [3.05, 3.63) is 102 Å². The maximum Gasteiger partial charge on any atom is 0.416 e. The zero-order chi connectivity index (χ0) is 23.8. The van der Waals surface area contributed by atoms with Crippen molar-refractivity contribution in [2.75, 3.05) is 13.2 Å². The molecule has 0 spiro atoms. The summed E-state index contributed by atoms with van der Waals surface area (Å²) < 4.78 is 10.7. The first kappa shape index (κ1) is 23.0. The number of hydrogen-bond donors (Lipinski definition) is 0. The molecule has 0 N–H and O–H groups in total. The molecule has 3 aromatic carbocycles. The third kappa shape index (κ3) is 6.01. The van der Waals surface area contributed by atoms with Gasteiger partial charge in [-0.25, -0.2) is 14.5 Å². The van der Waals surface area contributed by atoms with Crippen LogP contribution in [0.15, 0.2) is 91.0 Å². The Balaban J connectivity index is 1.43. The summed E-state index contributed by atoms with van der Waals surface area (Å²) in [6.45, 7) is 0.530. The summed E-state index contributed by atoms with van der Waals surface area (Å²) >= 11 is 0. The first-order chi connectivity index (χ1) is 16.6. The van der Waals surface area contributed by atoms with Crippen LogP contribution in [0.4, 0.5) is 9.59 Å². The van der Waals surface area contributed by atoms with E-state index in [-0.39, 0.29) is 38.1 Å². The number of benzene rings is 3. The van der Waals surface area contributed by atoms with E-state index in [2.05, 4.69) is 0 Å². The maximum atomic E-state index is 13.0. The minimum absolute atomic E-state index is 0.0306. The van der Waals surface area contributed by atoms with E-state index in [4.69, 9.17) is 9.47 Å². The van der Waals surface area contributed by atoms with Crippen LogP contribution >= 0.6 is 0 Å². The number of imide groups is 1. The topological polar surface area (TPSA) is 76.2 Å². The monoisotopic (exact) mass is 458 g/mol. The van der Waals surface area contributed by atoms with Crippen molar-refractivity contribution in [1.82, 2.24) is 9.80 Å². The van der Waals surface area contributed by atoms with Crippen LogP contribution in [0.1, 0.15) is 17.5 Å². The highest BCUT2D eigenvalue weighted by Crippen LogP contribution is 2.19. The molecule has 7 nitrogen and oxygen atoms in total. The minimum atomic E-state index is -0.646. The van der Waals surface area contributed by atoms with Gasteiger partial charge in [0.1, 0.15) is 12.4 Å². The van der Waals surface area contributed by atoms with Crippen LogP contribution in [0.25, 0.3) is 0 Å². The molecule has 3 aromatic rings. The van der Waals surface area contributed by atoms with E-state index < -0.39 is 12.2 Å². The van der Waals surface area contributed by atoms with Crippen molar-refractivity contribution >= 4 is 18.1 Å². The summed E-state index contributed by atoms with van der Waals surface area (Å²) in [6, 6.07) is 27.5. The predicted octanol–water partition coefficient (Wildman–Crippen LogP) is 4.67. The Labute approximate surface area is 198 Å². The van der Waals surface area contributed by atoms with Crippen LogP contribution in [-0.2, 0) is 22.5 Å². The Morgan fingerprint density at radius 3 is 2.12 bits per heavy atom. The standard InChI is InChI=1S/C27H26N2O5/c30-25(29-23(20-33-27(29)32)18-21-10-4-1-5-11-21)16-17-28(19-22-12-6-2-7-13-22)26(31)34-24-14-8-3-9-15-24/h1-15,23H,16-20H2/t23-/m1/s1. The molecule has 174 valence electrons. The number of nitrogens with zero attached hydrogens (tertiary/aromatic N) is 2. The van der Waals surface area contributed by atoms with Gasteiger partial charge in [-0.1, -0.05) is 78.9 Å². The van der Waals surface area contributed by atoms with Gasteiger partial charge in [0.2, 0.25) is 5.91 Å². The van der Waals surface area contributed by atoms with Crippen molar-refractivity contribution in [3.63, 3.8) is 0 Å². The van der Waals surface area contributed by atoms with Crippen LogP contribution < -0.4 is 4.74 Å². The SMILES string of the molecule is O=C(Oc1ccccc1)N(CCC(=O)N1C(=O)OC[C@H]1Cc1ccccc1)Cc1ccccc1. The highest BCUT2D eigenvalue weighted by atomic mass is 16.6. The van der Waals surface area contributed by atoms with Gasteiger partial charge in [-0.05, 0) is 29.7 Å². The molecule has 0 aromatic heterocycles. The smallest absolute Gasteiger partial charge is 0.416 e. The molecule has 0 bridgehead atoms. The van der Waals surface area contributed by atoms with E-state index in [0.29, 0.717) is 12.2 Å². The Morgan fingerprint density at radius 2 is 1.47 bits per heavy atom. The first-order valence-electron chi connectivity index (χ1n) is 11.2. The molecule has 0 radical (unpaired) electrons. The Bertz CT molecular complexity index is 1110. The summed E-state index contributed by atoms with van der Waals surface area (Å²) in [5.41, 5.74) is 1.92. The molecule has 1 atom stereocenters. The van der Waals surface area contributed by atoms with Crippen LogP contribution in [-0.4, -0.2) is 47.1 Å². The lowest BCUT2D eigenvalue weighted by molar-refractivity contribution is -0.129. The lowest BCUT2D eigenvalue weighted by Gasteiger charge is -2.24. The van der Waals surface area contributed by atoms with Crippen LogP contribution in [0.5, 0.6) is 5.75 Å². The number of rotatable bonds is 8. The molecule has 1 heterocycles. The predicted molar refractivity (Wildman–Crippen MR) is 126 cm³/mol. The normalized spacial score (nSPS) is 15.0. The number of amides is 3. The van der Waals surface area contributed by atoms with Gasteiger partial charge in [0, 0.05) is 19.5 Å². The van der Waals surface area contributed by atoms with Gasteiger partial charge >= 0.3 is 12.2 Å². The number of ether oxygens (including phenoxy) is 2. The summed E-state index contributed by atoms with van der Waals surface area (Å²) in [5.74, 6) is 0.0388. The fourth-order valence-electron chi connectivity index (χ4n) is 3.85. The molecule has 1 aliphatic heterocycles. The van der Waals surface area contributed by atoms with E-state index in [9.17, 15) is 14.4 Å².